The van der Waals surface area contributed by atoms with Crippen LogP contribution in [-0.4, -0.2) is 38.5 Å². The summed E-state index contributed by atoms with van der Waals surface area (Å²) in [4.78, 5) is 38.9. The molecule has 10 nitrogen and oxygen atoms in total. The van der Waals surface area contributed by atoms with E-state index in [0.29, 0.717) is 0 Å². The number of aromatic nitrogens is 2. The topological polar surface area (TPSA) is 137 Å². The van der Waals surface area contributed by atoms with Crippen LogP contribution in [0.3, 0.4) is 0 Å². The molecule has 0 atom stereocenters. The van der Waals surface area contributed by atoms with Gasteiger partial charge >= 0.3 is 17.8 Å². The molecule has 0 aliphatic rings. The third-order valence-electron chi connectivity index (χ3n) is 5.06. The molecule has 1 N–H and O–H groups in total. The van der Waals surface area contributed by atoms with Crippen molar-refractivity contribution in [3.63, 3.8) is 0 Å². The summed E-state index contributed by atoms with van der Waals surface area (Å²) in [7, 11) is 0. The van der Waals surface area contributed by atoms with E-state index in [1.807, 2.05) is 0 Å². The standard InChI is InChI=1S/C24H15F3N4O6/c25-24(26,27)16-5-3-4-15(11-16)22-29-18-7-2-1-6-17(18)23(34)30(22)28-12-14-8-9-20(37-13-21(32)33)19(10-14)31(35)36/h1-12H,13H2,(H,32,33). The van der Waals surface area contributed by atoms with Crippen LogP contribution < -0.4 is 10.3 Å². The number of rotatable bonds is 7. The minimum Gasteiger partial charge on any atom is -0.479 e. The van der Waals surface area contributed by atoms with Crippen LogP contribution in [0.4, 0.5) is 18.9 Å². The molecule has 13 heteroatoms. The average Bonchev–Trinajstić information content (AvgIpc) is 2.86. The minimum absolute atomic E-state index is 0.0294. The Kier molecular flexibility index (Phi) is 6.69. The number of aliphatic carboxylic acids is 1. The molecule has 0 amide bonds. The smallest absolute Gasteiger partial charge is 0.416 e. The van der Waals surface area contributed by atoms with Crippen molar-refractivity contribution in [1.82, 2.24) is 9.66 Å². The maximum atomic E-state index is 13.3. The molecule has 0 spiro atoms. The number of fused-ring (bicyclic) bond motifs is 1. The van der Waals surface area contributed by atoms with E-state index in [9.17, 15) is 32.9 Å². The lowest BCUT2D eigenvalue weighted by Gasteiger charge is -2.12. The van der Waals surface area contributed by atoms with Gasteiger partial charge in [0, 0.05) is 17.2 Å². The predicted octanol–water partition coefficient (Wildman–Crippen LogP) is 4.34. The lowest BCUT2D eigenvalue weighted by atomic mass is 10.1. The summed E-state index contributed by atoms with van der Waals surface area (Å²) in [5.74, 6) is -1.80. The maximum absolute atomic E-state index is 13.3. The maximum Gasteiger partial charge on any atom is 0.416 e. The number of ether oxygens (including phenoxy) is 1. The molecule has 0 bridgehead atoms. The molecular weight excluding hydrogens is 497 g/mol. The summed E-state index contributed by atoms with van der Waals surface area (Å²) in [5.41, 5.74) is -1.84. The highest BCUT2D eigenvalue weighted by molar-refractivity contribution is 5.83. The van der Waals surface area contributed by atoms with Crippen LogP contribution in [0, 0.1) is 10.1 Å². The van der Waals surface area contributed by atoms with Crippen LogP contribution in [0.2, 0.25) is 0 Å². The van der Waals surface area contributed by atoms with Gasteiger partial charge in [-0.05, 0) is 36.4 Å². The Balaban J connectivity index is 1.84. The van der Waals surface area contributed by atoms with Gasteiger partial charge in [0.1, 0.15) is 0 Å². The number of halogens is 3. The van der Waals surface area contributed by atoms with Crippen LogP contribution >= 0.6 is 0 Å². The fraction of sp³-hybridized carbons (Fsp3) is 0.0833. The number of para-hydroxylation sites is 1. The van der Waals surface area contributed by atoms with Gasteiger partial charge in [0.05, 0.1) is 27.6 Å². The Morgan fingerprint density at radius 2 is 1.89 bits per heavy atom. The SMILES string of the molecule is O=C(O)COc1ccc(C=Nn2c(-c3cccc(C(F)(F)F)c3)nc3ccccc3c2=O)cc1[N+](=O)[O-]. The van der Waals surface area contributed by atoms with E-state index in [-0.39, 0.29) is 33.6 Å². The zero-order chi connectivity index (χ0) is 26.7. The highest BCUT2D eigenvalue weighted by Gasteiger charge is 2.31. The van der Waals surface area contributed by atoms with Gasteiger partial charge in [-0.1, -0.05) is 24.3 Å². The van der Waals surface area contributed by atoms with E-state index in [1.165, 1.54) is 30.3 Å². The molecule has 0 unspecified atom stereocenters. The number of hydrogen-bond donors (Lipinski definition) is 1. The molecule has 4 rings (SSSR count). The van der Waals surface area contributed by atoms with E-state index < -0.39 is 40.5 Å². The van der Waals surface area contributed by atoms with E-state index in [0.717, 1.165) is 35.2 Å². The molecule has 0 saturated heterocycles. The van der Waals surface area contributed by atoms with Crippen molar-refractivity contribution >= 4 is 28.8 Å². The molecule has 4 aromatic rings. The monoisotopic (exact) mass is 512 g/mol. The summed E-state index contributed by atoms with van der Waals surface area (Å²) >= 11 is 0. The van der Waals surface area contributed by atoms with Crippen LogP contribution in [0.1, 0.15) is 11.1 Å². The first kappa shape index (κ1) is 25.0. The van der Waals surface area contributed by atoms with E-state index in [2.05, 4.69) is 10.1 Å². The number of hydrogen-bond acceptors (Lipinski definition) is 7. The Morgan fingerprint density at radius 3 is 2.59 bits per heavy atom. The Labute approximate surface area is 205 Å². The number of carboxylic acid groups (broad SMARTS) is 1. The number of nitrogens with zero attached hydrogens (tertiary/aromatic N) is 4. The van der Waals surface area contributed by atoms with E-state index in [1.54, 1.807) is 12.1 Å². The number of carbonyl (C=O) groups is 1. The van der Waals surface area contributed by atoms with Crippen molar-refractivity contribution in [1.29, 1.82) is 0 Å². The van der Waals surface area contributed by atoms with Gasteiger partial charge in [-0.25, -0.2) is 9.78 Å². The van der Waals surface area contributed by atoms with Gasteiger partial charge in [-0.2, -0.15) is 22.9 Å². The Hall–Kier alpha value is -5.07. The molecule has 0 aliphatic carbocycles. The van der Waals surface area contributed by atoms with Gasteiger partial charge < -0.3 is 9.84 Å². The first-order chi connectivity index (χ1) is 17.5. The predicted molar refractivity (Wildman–Crippen MR) is 126 cm³/mol. The summed E-state index contributed by atoms with van der Waals surface area (Å²) < 4.78 is 45.6. The van der Waals surface area contributed by atoms with Crippen molar-refractivity contribution in [2.24, 2.45) is 5.10 Å². The normalized spacial score (nSPS) is 11.6. The molecule has 37 heavy (non-hydrogen) atoms. The third-order valence-corrected chi connectivity index (χ3v) is 5.06. The Bertz CT molecular complexity index is 1610. The second-order valence-corrected chi connectivity index (χ2v) is 7.56. The van der Waals surface area contributed by atoms with Crippen LogP contribution in [0.5, 0.6) is 5.75 Å². The number of nitro groups is 1. The van der Waals surface area contributed by atoms with Crippen LogP contribution in [0.25, 0.3) is 22.3 Å². The molecule has 0 aliphatic heterocycles. The number of alkyl halides is 3. The van der Waals surface area contributed by atoms with Gasteiger partial charge in [0.25, 0.3) is 5.56 Å². The van der Waals surface area contributed by atoms with Crippen molar-refractivity contribution < 1.29 is 32.7 Å². The minimum atomic E-state index is -4.63. The lowest BCUT2D eigenvalue weighted by molar-refractivity contribution is -0.385. The highest BCUT2D eigenvalue weighted by Crippen LogP contribution is 2.32. The van der Waals surface area contributed by atoms with Crippen molar-refractivity contribution in [3.8, 4) is 17.1 Å². The molecule has 0 radical (unpaired) electrons. The van der Waals surface area contributed by atoms with Gasteiger partial charge in [-0.3, -0.25) is 14.9 Å². The molecule has 1 aromatic heterocycles. The zero-order valence-electron chi connectivity index (χ0n) is 18.5. The van der Waals surface area contributed by atoms with Crippen molar-refractivity contribution in [3.05, 3.63) is 98.3 Å². The van der Waals surface area contributed by atoms with E-state index >= 15 is 0 Å². The second-order valence-electron chi connectivity index (χ2n) is 7.56. The van der Waals surface area contributed by atoms with Gasteiger partial charge in [0.15, 0.2) is 18.2 Å². The van der Waals surface area contributed by atoms with Crippen LogP contribution in [0.15, 0.2) is 76.6 Å². The number of nitro benzene ring substituents is 1. The van der Waals surface area contributed by atoms with Gasteiger partial charge in [-0.15, -0.1) is 0 Å². The number of carboxylic acids is 1. The van der Waals surface area contributed by atoms with Gasteiger partial charge in [0.2, 0.25) is 0 Å². The zero-order valence-corrected chi connectivity index (χ0v) is 18.5. The molecular formula is C24H15F3N4O6. The lowest BCUT2D eigenvalue weighted by Crippen LogP contribution is -2.20. The summed E-state index contributed by atoms with van der Waals surface area (Å²) in [6, 6.07) is 14.0. The fourth-order valence-electron chi connectivity index (χ4n) is 3.40. The van der Waals surface area contributed by atoms with E-state index in [4.69, 9.17) is 9.84 Å². The molecule has 0 saturated carbocycles. The largest absolute Gasteiger partial charge is 0.479 e. The Morgan fingerprint density at radius 1 is 1.14 bits per heavy atom. The molecule has 3 aromatic carbocycles. The third kappa shape index (κ3) is 5.45. The quantitative estimate of drug-likeness (QED) is 0.221. The summed E-state index contributed by atoms with van der Waals surface area (Å²) in [6.45, 7) is -0.799. The van der Waals surface area contributed by atoms with Crippen LogP contribution in [-0.2, 0) is 11.0 Å². The molecule has 0 fully saturated rings. The summed E-state index contributed by atoms with van der Waals surface area (Å²) in [5, 5.41) is 24.4. The fourth-order valence-corrected chi connectivity index (χ4v) is 3.40. The van der Waals surface area contributed by atoms with Crippen molar-refractivity contribution in [2.75, 3.05) is 6.61 Å². The first-order valence-electron chi connectivity index (χ1n) is 10.4. The summed E-state index contributed by atoms with van der Waals surface area (Å²) in [6.07, 6.45) is -3.55. The van der Waals surface area contributed by atoms with Crippen molar-refractivity contribution in [2.45, 2.75) is 6.18 Å². The highest BCUT2D eigenvalue weighted by atomic mass is 19.4. The first-order valence-corrected chi connectivity index (χ1v) is 10.4. The average molecular weight is 512 g/mol. The number of benzene rings is 3. The molecule has 1 heterocycles. The second kappa shape index (κ2) is 9.89. The molecule has 188 valence electrons.